The van der Waals surface area contributed by atoms with Crippen LogP contribution >= 0.6 is 0 Å². The zero-order chi connectivity index (χ0) is 19.7. The molecule has 2 heteroatoms. The number of aromatic nitrogens is 1. The third kappa shape index (κ3) is 2.51. The quantitative estimate of drug-likeness (QED) is 0.352. The maximum Gasteiger partial charge on any atom is 0.144 e. The van der Waals surface area contributed by atoms with Crippen molar-refractivity contribution >= 4 is 21.9 Å². The highest BCUT2D eigenvalue weighted by Crippen LogP contribution is 2.48. The predicted octanol–water partition coefficient (Wildman–Crippen LogP) is 7.31. The number of nitrogens with zero attached hydrogens (tertiary/aromatic N) is 1. The van der Waals surface area contributed by atoms with E-state index in [0.29, 0.717) is 0 Å². The molecule has 2 heterocycles. The molecule has 142 valence electrons. The molecule has 4 aromatic rings. The molecule has 1 aliphatic rings. The molecule has 1 aliphatic carbocycles. The lowest BCUT2D eigenvalue weighted by atomic mass is 9.63. The fourth-order valence-electron chi connectivity index (χ4n) is 4.74. The molecule has 0 amide bonds. The van der Waals surface area contributed by atoms with Crippen LogP contribution in [0.5, 0.6) is 0 Å². The molecule has 2 aromatic heterocycles. The highest BCUT2D eigenvalue weighted by atomic mass is 16.3. The Labute approximate surface area is 166 Å². The fourth-order valence-corrected chi connectivity index (χ4v) is 4.74. The Bertz CT molecular complexity index is 1230. The number of rotatable bonds is 1. The van der Waals surface area contributed by atoms with Crippen molar-refractivity contribution in [1.82, 2.24) is 4.98 Å². The highest BCUT2D eigenvalue weighted by molar-refractivity contribution is 6.09. The van der Waals surface area contributed by atoms with Crippen LogP contribution in [-0.2, 0) is 10.8 Å². The maximum atomic E-state index is 6.47. The monoisotopic (exact) mass is 369 g/mol. The lowest BCUT2D eigenvalue weighted by molar-refractivity contribution is 0.332. The Morgan fingerprint density at radius 2 is 1.57 bits per heavy atom. The summed E-state index contributed by atoms with van der Waals surface area (Å²) in [5.74, 6) is 0. The second-order valence-electron chi connectivity index (χ2n) is 9.66. The molecule has 0 fully saturated rings. The Hall–Kier alpha value is -2.61. The number of para-hydroxylation sites is 1. The van der Waals surface area contributed by atoms with Crippen molar-refractivity contribution in [3.63, 3.8) is 0 Å². The second kappa shape index (κ2) is 5.70. The number of pyridine rings is 1. The molecule has 0 aliphatic heterocycles. The summed E-state index contributed by atoms with van der Waals surface area (Å²) in [6.07, 6.45) is 4.29. The third-order valence-electron chi connectivity index (χ3n) is 6.66. The van der Waals surface area contributed by atoms with E-state index in [-0.39, 0.29) is 10.8 Å². The van der Waals surface area contributed by atoms with Gasteiger partial charge in [0.25, 0.3) is 0 Å². The summed E-state index contributed by atoms with van der Waals surface area (Å²) < 4.78 is 6.47. The largest absolute Gasteiger partial charge is 0.455 e. The zero-order valence-corrected chi connectivity index (χ0v) is 17.4. The van der Waals surface area contributed by atoms with Crippen molar-refractivity contribution < 1.29 is 4.42 Å². The summed E-state index contributed by atoms with van der Waals surface area (Å²) in [4.78, 5) is 4.59. The van der Waals surface area contributed by atoms with Gasteiger partial charge in [0.2, 0.25) is 0 Å². The van der Waals surface area contributed by atoms with E-state index in [0.717, 1.165) is 22.4 Å². The molecule has 2 aromatic carbocycles. The Balaban J connectivity index is 1.84. The first-order valence-corrected chi connectivity index (χ1v) is 10.2. The average molecular weight is 370 g/mol. The van der Waals surface area contributed by atoms with Crippen molar-refractivity contribution in [2.75, 3.05) is 0 Å². The van der Waals surface area contributed by atoms with Crippen molar-refractivity contribution in [3.8, 4) is 11.3 Å². The predicted molar refractivity (Wildman–Crippen MR) is 117 cm³/mol. The third-order valence-corrected chi connectivity index (χ3v) is 6.66. The molecule has 2 nitrogen and oxygen atoms in total. The Kier molecular flexibility index (Phi) is 3.56. The van der Waals surface area contributed by atoms with Crippen LogP contribution in [0.2, 0.25) is 0 Å². The molecule has 0 atom stereocenters. The van der Waals surface area contributed by atoms with Gasteiger partial charge in [0.05, 0.1) is 5.69 Å². The van der Waals surface area contributed by atoms with Crippen LogP contribution in [0.4, 0.5) is 0 Å². The van der Waals surface area contributed by atoms with Gasteiger partial charge in [-0.2, -0.15) is 0 Å². The van der Waals surface area contributed by atoms with Gasteiger partial charge in [-0.15, -0.1) is 0 Å². The fraction of sp³-hybridized carbons (Fsp3) is 0.346. The number of hydrogen-bond acceptors (Lipinski definition) is 2. The molecule has 28 heavy (non-hydrogen) atoms. The van der Waals surface area contributed by atoms with Crippen molar-refractivity contribution in [3.05, 3.63) is 65.4 Å². The highest BCUT2D eigenvalue weighted by Gasteiger charge is 2.37. The van der Waals surface area contributed by atoms with Crippen LogP contribution in [0.15, 0.2) is 53.1 Å². The molecule has 0 bridgehead atoms. The molecule has 5 rings (SSSR count). The van der Waals surface area contributed by atoms with E-state index in [2.05, 4.69) is 76.0 Å². The topological polar surface area (TPSA) is 26.0 Å². The van der Waals surface area contributed by atoms with Crippen LogP contribution in [0, 0.1) is 6.92 Å². The van der Waals surface area contributed by atoms with Crippen molar-refractivity contribution in [2.24, 2.45) is 0 Å². The summed E-state index contributed by atoms with van der Waals surface area (Å²) in [6, 6.07) is 15.3. The van der Waals surface area contributed by atoms with E-state index in [1.807, 2.05) is 12.3 Å². The zero-order valence-electron chi connectivity index (χ0n) is 17.4. The normalized spacial score (nSPS) is 17.8. The van der Waals surface area contributed by atoms with E-state index in [1.165, 1.54) is 40.3 Å². The number of benzene rings is 2. The molecule has 0 saturated heterocycles. The van der Waals surface area contributed by atoms with Gasteiger partial charge in [-0.05, 0) is 77.6 Å². The van der Waals surface area contributed by atoms with E-state index < -0.39 is 0 Å². The van der Waals surface area contributed by atoms with Gasteiger partial charge in [0.15, 0.2) is 0 Å². The summed E-state index contributed by atoms with van der Waals surface area (Å²) in [6.45, 7) is 11.6. The van der Waals surface area contributed by atoms with Gasteiger partial charge in [-0.1, -0.05) is 39.8 Å². The second-order valence-corrected chi connectivity index (χ2v) is 9.66. The van der Waals surface area contributed by atoms with Gasteiger partial charge < -0.3 is 4.42 Å². The number of aryl methyl sites for hydroxylation is 1. The molecule has 0 radical (unpaired) electrons. The van der Waals surface area contributed by atoms with E-state index >= 15 is 0 Å². The van der Waals surface area contributed by atoms with Crippen LogP contribution < -0.4 is 0 Å². The van der Waals surface area contributed by atoms with Gasteiger partial charge in [0.1, 0.15) is 11.2 Å². The lowest BCUT2D eigenvalue weighted by Gasteiger charge is -2.41. The van der Waals surface area contributed by atoms with Crippen molar-refractivity contribution in [1.29, 1.82) is 0 Å². The standard InChI is InChI=1S/C26H27NO/c1-16-9-12-27-22(13-16)18-8-6-7-17-19-14-20-21(15-23(19)28-24(17)18)26(4,5)11-10-25(20,2)3/h6-9,12-15H,10-11H2,1-5H3. The molecular formula is C26H27NO. The minimum Gasteiger partial charge on any atom is -0.455 e. The Morgan fingerprint density at radius 1 is 0.857 bits per heavy atom. The summed E-state index contributed by atoms with van der Waals surface area (Å²) in [7, 11) is 0. The van der Waals surface area contributed by atoms with Crippen LogP contribution in [0.1, 0.15) is 57.2 Å². The van der Waals surface area contributed by atoms with Gasteiger partial charge in [0, 0.05) is 22.5 Å². The summed E-state index contributed by atoms with van der Waals surface area (Å²) in [5.41, 5.74) is 8.44. The first kappa shape index (κ1) is 17.5. The minimum atomic E-state index is 0.180. The Morgan fingerprint density at radius 3 is 2.29 bits per heavy atom. The number of furan rings is 1. The van der Waals surface area contributed by atoms with Crippen LogP contribution in [-0.4, -0.2) is 4.98 Å². The molecular weight excluding hydrogens is 342 g/mol. The number of fused-ring (bicyclic) bond motifs is 4. The van der Waals surface area contributed by atoms with Gasteiger partial charge in [-0.25, -0.2) is 0 Å². The smallest absolute Gasteiger partial charge is 0.144 e. The van der Waals surface area contributed by atoms with Gasteiger partial charge in [-0.3, -0.25) is 4.98 Å². The van der Waals surface area contributed by atoms with E-state index in [1.54, 1.807) is 0 Å². The SMILES string of the molecule is Cc1ccnc(-c2cccc3c2oc2cc4c(cc23)C(C)(C)CCC4(C)C)c1. The number of hydrogen-bond donors (Lipinski definition) is 0. The maximum absolute atomic E-state index is 6.47. The van der Waals surface area contributed by atoms with E-state index in [9.17, 15) is 0 Å². The lowest BCUT2D eigenvalue weighted by Crippen LogP contribution is -2.33. The summed E-state index contributed by atoms with van der Waals surface area (Å²) in [5, 5.41) is 2.40. The van der Waals surface area contributed by atoms with E-state index in [4.69, 9.17) is 4.42 Å². The first-order valence-electron chi connectivity index (χ1n) is 10.2. The minimum absolute atomic E-state index is 0.180. The van der Waals surface area contributed by atoms with Crippen LogP contribution in [0.3, 0.4) is 0 Å². The molecule has 0 spiro atoms. The summed E-state index contributed by atoms with van der Waals surface area (Å²) >= 11 is 0. The molecule has 0 saturated carbocycles. The van der Waals surface area contributed by atoms with Crippen molar-refractivity contribution in [2.45, 2.75) is 58.3 Å². The van der Waals surface area contributed by atoms with Gasteiger partial charge >= 0.3 is 0 Å². The molecule has 0 N–H and O–H groups in total. The average Bonchev–Trinajstić information content (AvgIpc) is 3.02. The van der Waals surface area contributed by atoms with Crippen LogP contribution in [0.25, 0.3) is 33.2 Å². The first-order chi connectivity index (χ1) is 13.3. The molecule has 0 unspecified atom stereocenters.